The lowest BCUT2D eigenvalue weighted by atomic mass is 10.2. The molecule has 0 aromatic rings. The highest BCUT2D eigenvalue weighted by molar-refractivity contribution is 5.85. The van der Waals surface area contributed by atoms with Crippen LogP contribution >= 0.6 is 0 Å². The third-order valence-electron chi connectivity index (χ3n) is 2.00. The summed E-state index contributed by atoms with van der Waals surface area (Å²) >= 11 is 0. The number of rotatable bonds is 3. The molecule has 1 rings (SSSR count). The van der Waals surface area contributed by atoms with Crippen molar-refractivity contribution in [2.75, 3.05) is 6.61 Å². The maximum absolute atomic E-state index is 11.1. The molecule has 0 aromatic heterocycles. The van der Waals surface area contributed by atoms with Gasteiger partial charge in [0.2, 0.25) is 0 Å². The van der Waals surface area contributed by atoms with Gasteiger partial charge < -0.3 is 10.5 Å². The second-order valence-corrected chi connectivity index (χ2v) is 2.81. The van der Waals surface area contributed by atoms with Crippen LogP contribution in [-0.2, 0) is 9.53 Å². The van der Waals surface area contributed by atoms with E-state index in [-0.39, 0.29) is 11.9 Å². The summed E-state index contributed by atoms with van der Waals surface area (Å²) in [6.07, 6.45) is 2.38. The molecule has 3 nitrogen and oxygen atoms in total. The fourth-order valence-corrected chi connectivity index (χ4v) is 1.10. The van der Waals surface area contributed by atoms with Crippen molar-refractivity contribution < 1.29 is 9.53 Å². The lowest BCUT2D eigenvalue weighted by molar-refractivity contribution is -0.146. The van der Waals surface area contributed by atoms with Gasteiger partial charge in [-0.2, -0.15) is 0 Å². The zero-order valence-electron chi connectivity index (χ0n) is 6.67. The molecule has 0 amide bonds. The highest BCUT2D eigenvalue weighted by atomic mass is 16.5. The molecule has 0 aromatic carbocycles. The molecule has 0 saturated heterocycles. The van der Waals surface area contributed by atoms with E-state index >= 15 is 0 Å². The second-order valence-electron chi connectivity index (χ2n) is 2.81. The summed E-state index contributed by atoms with van der Waals surface area (Å²) in [6, 6.07) is 0. The molecule has 3 heteroatoms. The minimum absolute atomic E-state index is 0.113. The normalized spacial score (nSPS) is 34.5. The summed E-state index contributed by atoms with van der Waals surface area (Å²) < 4.78 is 4.79. The first kappa shape index (κ1) is 8.27. The molecule has 11 heavy (non-hydrogen) atoms. The van der Waals surface area contributed by atoms with Gasteiger partial charge in [0.1, 0.15) is 5.54 Å². The molecule has 62 valence electrons. The van der Waals surface area contributed by atoms with Crippen molar-refractivity contribution in [3.8, 4) is 0 Å². The first-order valence-electron chi connectivity index (χ1n) is 3.73. The number of hydrogen-bond acceptors (Lipinski definition) is 3. The molecular formula is C8H13NO2. The summed E-state index contributed by atoms with van der Waals surface area (Å²) in [7, 11) is 0. The van der Waals surface area contributed by atoms with E-state index in [0.717, 1.165) is 0 Å². The SMILES string of the molecule is C=C[C@@H]1CC1(N)C(=O)OCC. The fraction of sp³-hybridized carbons (Fsp3) is 0.625. The molecule has 1 unspecified atom stereocenters. The van der Waals surface area contributed by atoms with Crippen molar-refractivity contribution in [1.29, 1.82) is 0 Å². The van der Waals surface area contributed by atoms with E-state index in [2.05, 4.69) is 6.58 Å². The van der Waals surface area contributed by atoms with Crippen LogP contribution in [0.15, 0.2) is 12.7 Å². The van der Waals surface area contributed by atoms with Gasteiger partial charge in [-0.25, -0.2) is 0 Å². The number of nitrogens with two attached hydrogens (primary N) is 1. The number of carbonyl (C=O) groups is 1. The molecule has 1 saturated carbocycles. The van der Waals surface area contributed by atoms with Crippen molar-refractivity contribution in [1.82, 2.24) is 0 Å². The number of hydrogen-bond donors (Lipinski definition) is 1. The number of ether oxygens (including phenoxy) is 1. The van der Waals surface area contributed by atoms with Gasteiger partial charge in [-0.05, 0) is 13.3 Å². The summed E-state index contributed by atoms with van der Waals surface area (Å²) in [5.74, 6) is -0.188. The van der Waals surface area contributed by atoms with Crippen LogP contribution in [0.25, 0.3) is 0 Å². The molecule has 0 aliphatic heterocycles. The minimum atomic E-state index is -0.752. The molecular weight excluding hydrogens is 142 g/mol. The van der Waals surface area contributed by atoms with Crippen LogP contribution < -0.4 is 5.73 Å². The van der Waals surface area contributed by atoms with Gasteiger partial charge in [0.25, 0.3) is 0 Å². The highest BCUT2D eigenvalue weighted by Crippen LogP contribution is 2.42. The van der Waals surface area contributed by atoms with Crippen LogP contribution in [0.1, 0.15) is 13.3 Å². The maximum atomic E-state index is 11.1. The summed E-state index contributed by atoms with van der Waals surface area (Å²) in [6.45, 7) is 5.73. The molecule has 0 spiro atoms. The molecule has 1 fully saturated rings. The Balaban J connectivity index is 2.49. The fourth-order valence-electron chi connectivity index (χ4n) is 1.10. The van der Waals surface area contributed by atoms with E-state index in [1.54, 1.807) is 13.0 Å². The predicted octanol–water partition coefficient (Wildman–Crippen LogP) is 0.453. The van der Waals surface area contributed by atoms with Crippen LogP contribution in [0.5, 0.6) is 0 Å². The Labute approximate surface area is 66.2 Å². The van der Waals surface area contributed by atoms with E-state index < -0.39 is 5.54 Å². The number of esters is 1. The van der Waals surface area contributed by atoms with Crippen molar-refractivity contribution in [2.24, 2.45) is 11.7 Å². The Hall–Kier alpha value is -0.830. The molecule has 1 aliphatic rings. The average molecular weight is 155 g/mol. The van der Waals surface area contributed by atoms with Crippen LogP contribution in [0.4, 0.5) is 0 Å². The molecule has 2 atom stereocenters. The van der Waals surface area contributed by atoms with E-state index in [9.17, 15) is 4.79 Å². The predicted molar refractivity (Wildman–Crippen MR) is 41.9 cm³/mol. The van der Waals surface area contributed by atoms with Gasteiger partial charge in [-0.1, -0.05) is 6.08 Å². The van der Waals surface area contributed by atoms with Gasteiger partial charge in [0.15, 0.2) is 0 Å². The van der Waals surface area contributed by atoms with E-state index in [1.807, 2.05) is 0 Å². The Kier molecular flexibility index (Phi) is 2.00. The standard InChI is InChI=1S/C8H13NO2/c1-3-6-5-8(6,9)7(10)11-4-2/h3,6H,1,4-5,9H2,2H3/t6-,8?/m1/s1. The Bertz CT molecular complexity index is 191. The molecule has 0 heterocycles. The van der Waals surface area contributed by atoms with Crippen molar-refractivity contribution in [2.45, 2.75) is 18.9 Å². The van der Waals surface area contributed by atoms with Gasteiger partial charge in [0, 0.05) is 5.92 Å². The number of carbonyl (C=O) groups excluding carboxylic acids is 1. The summed E-state index contributed by atoms with van der Waals surface area (Å²) in [5, 5.41) is 0. The van der Waals surface area contributed by atoms with Gasteiger partial charge in [-0.3, -0.25) is 4.79 Å². The van der Waals surface area contributed by atoms with Crippen LogP contribution in [0, 0.1) is 5.92 Å². The maximum Gasteiger partial charge on any atom is 0.326 e. The minimum Gasteiger partial charge on any atom is -0.465 e. The second kappa shape index (κ2) is 2.66. The third-order valence-corrected chi connectivity index (χ3v) is 2.00. The first-order valence-corrected chi connectivity index (χ1v) is 3.73. The van der Waals surface area contributed by atoms with Crippen LogP contribution in [0.3, 0.4) is 0 Å². The highest BCUT2D eigenvalue weighted by Gasteiger charge is 2.56. The van der Waals surface area contributed by atoms with Crippen molar-refractivity contribution >= 4 is 5.97 Å². The Morgan fingerprint density at radius 2 is 2.64 bits per heavy atom. The lowest BCUT2D eigenvalue weighted by Crippen LogP contribution is -2.36. The average Bonchev–Trinajstić information content (AvgIpc) is 2.64. The quantitative estimate of drug-likeness (QED) is 0.475. The molecule has 0 bridgehead atoms. The van der Waals surface area contributed by atoms with Gasteiger partial charge in [0.05, 0.1) is 6.61 Å². The van der Waals surface area contributed by atoms with Gasteiger partial charge >= 0.3 is 5.97 Å². The topological polar surface area (TPSA) is 52.3 Å². The van der Waals surface area contributed by atoms with E-state index in [4.69, 9.17) is 10.5 Å². The Morgan fingerprint density at radius 3 is 3.00 bits per heavy atom. The molecule has 1 aliphatic carbocycles. The molecule has 2 N–H and O–H groups in total. The smallest absolute Gasteiger partial charge is 0.326 e. The summed E-state index contributed by atoms with van der Waals surface area (Å²) in [5.41, 5.74) is 4.93. The lowest BCUT2D eigenvalue weighted by Gasteiger charge is -2.07. The largest absolute Gasteiger partial charge is 0.465 e. The zero-order valence-corrected chi connectivity index (χ0v) is 6.67. The zero-order chi connectivity index (χ0) is 8.48. The van der Waals surface area contributed by atoms with Crippen molar-refractivity contribution in [3.63, 3.8) is 0 Å². The van der Waals surface area contributed by atoms with Crippen LogP contribution in [-0.4, -0.2) is 18.1 Å². The van der Waals surface area contributed by atoms with Crippen LogP contribution in [0.2, 0.25) is 0 Å². The first-order chi connectivity index (χ1) is 5.15. The monoisotopic (exact) mass is 155 g/mol. The Morgan fingerprint density at radius 1 is 2.00 bits per heavy atom. The third kappa shape index (κ3) is 1.28. The van der Waals surface area contributed by atoms with E-state index in [1.165, 1.54) is 0 Å². The van der Waals surface area contributed by atoms with Crippen molar-refractivity contribution in [3.05, 3.63) is 12.7 Å². The summed E-state index contributed by atoms with van der Waals surface area (Å²) in [4.78, 5) is 11.1. The molecule has 0 radical (unpaired) electrons. The van der Waals surface area contributed by atoms with Gasteiger partial charge in [-0.15, -0.1) is 6.58 Å². The van der Waals surface area contributed by atoms with E-state index in [0.29, 0.717) is 13.0 Å².